The highest BCUT2D eigenvalue weighted by atomic mass is 15.1. The van der Waals surface area contributed by atoms with Gasteiger partial charge in [0.2, 0.25) is 0 Å². The number of aromatic nitrogens is 3. The third-order valence-corrected chi connectivity index (χ3v) is 4.66. The number of fused-ring (bicyclic) bond motifs is 1. The fourth-order valence-electron chi connectivity index (χ4n) is 3.39. The lowest BCUT2D eigenvalue weighted by atomic mass is 9.76. The number of rotatable bonds is 2. The summed E-state index contributed by atoms with van der Waals surface area (Å²) in [5, 5.41) is 27.6. The number of nitriles is 2. The number of nitrogens with one attached hydrogen (secondary N) is 1. The number of hydrogen-bond donors (Lipinski definition) is 1. The first-order valence-corrected chi connectivity index (χ1v) is 8.15. The van der Waals surface area contributed by atoms with Crippen LogP contribution in [0.15, 0.2) is 59.5 Å². The van der Waals surface area contributed by atoms with Crippen molar-refractivity contribution in [3.05, 3.63) is 65.6 Å². The van der Waals surface area contributed by atoms with E-state index in [1.807, 2.05) is 37.3 Å². The molecule has 3 heterocycles. The Labute approximate surface area is 150 Å². The van der Waals surface area contributed by atoms with E-state index < -0.39 is 5.92 Å². The van der Waals surface area contributed by atoms with Gasteiger partial charge >= 0.3 is 0 Å². The quantitative estimate of drug-likeness (QED) is 0.771. The van der Waals surface area contributed by atoms with Crippen LogP contribution in [0.25, 0.3) is 16.6 Å². The average molecular weight is 338 g/mol. The van der Waals surface area contributed by atoms with Gasteiger partial charge in [-0.1, -0.05) is 6.07 Å². The molecule has 124 valence electrons. The van der Waals surface area contributed by atoms with Crippen molar-refractivity contribution in [2.24, 2.45) is 10.9 Å². The summed E-state index contributed by atoms with van der Waals surface area (Å²) in [7, 11) is 0. The molecule has 3 aromatic rings. The number of aromatic amines is 1. The molecule has 1 aliphatic rings. The third kappa shape index (κ3) is 2.45. The first kappa shape index (κ1) is 15.7. The van der Waals surface area contributed by atoms with Crippen LogP contribution < -0.4 is 0 Å². The maximum atomic E-state index is 9.90. The summed E-state index contributed by atoms with van der Waals surface area (Å²) in [6.45, 7) is 1.84. The Morgan fingerprint density at radius 3 is 2.77 bits per heavy atom. The van der Waals surface area contributed by atoms with E-state index >= 15 is 0 Å². The van der Waals surface area contributed by atoms with E-state index in [0.29, 0.717) is 17.0 Å². The number of allylic oxidation sites excluding steroid dienone is 1. The zero-order valence-electron chi connectivity index (χ0n) is 14.0. The van der Waals surface area contributed by atoms with Crippen molar-refractivity contribution >= 4 is 22.3 Å². The van der Waals surface area contributed by atoms with Gasteiger partial charge in [-0.3, -0.25) is 15.1 Å². The number of nitrogens with zero attached hydrogens (tertiary/aromatic N) is 5. The van der Waals surface area contributed by atoms with E-state index in [0.717, 1.165) is 22.0 Å². The van der Waals surface area contributed by atoms with Crippen LogP contribution >= 0.6 is 0 Å². The first-order chi connectivity index (χ1) is 12.7. The lowest BCUT2D eigenvalue weighted by Gasteiger charge is -2.27. The molecule has 0 aliphatic carbocycles. The smallest absolute Gasteiger partial charge is 0.0977 e. The number of pyridine rings is 1. The zero-order valence-corrected chi connectivity index (χ0v) is 14.0. The van der Waals surface area contributed by atoms with Gasteiger partial charge in [0.25, 0.3) is 0 Å². The Morgan fingerprint density at radius 1 is 1.15 bits per heavy atom. The molecule has 2 atom stereocenters. The molecule has 26 heavy (non-hydrogen) atoms. The van der Waals surface area contributed by atoms with Gasteiger partial charge in [-0.05, 0) is 36.8 Å². The molecule has 0 spiro atoms. The molecule has 1 aliphatic heterocycles. The Morgan fingerprint density at radius 2 is 2.04 bits per heavy atom. The van der Waals surface area contributed by atoms with Crippen molar-refractivity contribution in [3.63, 3.8) is 0 Å². The van der Waals surface area contributed by atoms with Crippen LogP contribution in [0.1, 0.15) is 24.0 Å². The minimum atomic E-state index is -0.491. The van der Waals surface area contributed by atoms with E-state index in [-0.39, 0.29) is 5.92 Å². The number of H-pyrrole nitrogens is 1. The SMILES string of the molecule is CC1=NC(c2cccnc2)=C(C#N)C(c2ccc3[nH]ncc3c2)C1C#N. The largest absolute Gasteiger partial charge is 0.278 e. The van der Waals surface area contributed by atoms with Crippen molar-refractivity contribution < 1.29 is 0 Å². The van der Waals surface area contributed by atoms with E-state index in [1.54, 1.807) is 18.6 Å². The molecule has 0 bridgehead atoms. The Kier molecular flexibility index (Phi) is 3.79. The first-order valence-electron chi connectivity index (χ1n) is 8.15. The van der Waals surface area contributed by atoms with Crippen LogP contribution in [0.3, 0.4) is 0 Å². The molecule has 1 N–H and O–H groups in total. The van der Waals surface area contributed by atoms with E-state index in [1.165, 1.54) is 0 Å². The number of hydrogen-bond acceptors (Lipinski definition) is 5. The summed E-state index contributed by atoms with van der Waals surface area (Å²) < 4.78 is 0. The second kappa shape index (κ2) is 6.27. The van der Waals surface area contributed by atoms with Crippen molar-refractivity contribution in [3.8, 4) is 12.1 Å². The Hall–Kier alpha value is -3.77. The average Bonchev–Trinajstić information content (AvgIpc) is 3.15. The predicted molar refractivity (Wildman–Crippen MR) is 97.8 cm³/mol. The van der Waals surface area contributed by atoms with Gasteiger partial charge in [-0.15, -0.1) is 0 Å². The van der Waals surface area contributed by atoms with E-state index in [4.69, 9.17) is 0 Å². The molecule has 4 rings (SSSR count). The summed E-state index contributed by atoms with van der Waals surface area (Å²) in [5.74, 6) is -0.869. The molecule has 1 aromatic carbocycles. The third-order valence-electron chi connectivity index (χ3n) is 4.66. The molecular weight excluding hydrogens is 324 g/mol. The van der Waals surface area contributed by atoms with Crippen molar-refractivity contribution in [2.75, 3.05) is 0 Å². The van der Waals surface area contributed by atoms with Gasteiger partial charge < -0.3 is 0 Å². The second-order valence-corrected chi connectivity index (χ2v) is 6.17. The lowest BCUT2D eigenvalue weighted by molar-refractivity contribution is 0.720. The molecule has 6 nitrogen and oxygen atoms in total. The summed E-state index contributed by atoms with van der Waals surface area (Å²) in [4.78, 5) is 8.71. The van der Waals surface area contributed by atoms with Gasteiger partial charge in [-0.25, -0.2) is 0 Å². The second-order valence-electron chi connectivity index (χ2n) is 6.17. The van der Waals surface area contributed by atoms with Gasteiger partial charge in [0.05, 0.1) is 41.0 Å². The van der Waals surface area contributed by atoms with Crippen molar-refractivity contribution in [1.82, 2.24) is 15.2 Å². The van der Waals surface area contributed by atoms with Gasteiger partial charge in [-0.2, -0.15) is 15.6 Å². The molecule has 0 fully saturated rings. The molecular formula is C20H14N6. The van der Waals surface area contributed by atoms with Gasteiger partial charge in [0.1, 0.15) is 0 Å². The fourth-order valence-corrected chi connectivity index (χ4v) is 3.39. The highest BCUT2D eigenvalue weighted by Gasteiger charge is 2.35. The number of benzene rings is 1. The maximum absolute atomic E-state index is 9.90. The van der Waals surface area contributed by atoms with Gasteiger partial charge in [0.15, 0.2) is 0 Å². The van der Waals surface area contributed by atoms with Gasteiger partial charge in [0, 0.05) is 35.0 Å². The van der Waals surface area contributed by atoms with Crippen LogP contribution in [0.2, 0.25) is 0 Å². The minimum Gasteiger partial charge on any atom is -0.278 e. The fraction of sp³-hybridized carbons (Fsp3) is 0.150. The molecule has 0 amide bonds. The zero-order chi connectivity index (χ0) is 18.1. The molecule has 6 heteroatoms. The van der Waals surface area contributed by atoms with Crippen molar-refractivity contribution in [2.45, 2.75) is 12.8 Å². The standard InChI is InChI=1S/C20H14N6/c1-12-16(8-21)19(13-4-5-18-15(7-13)11-24-26-18)17(9-22)20(25-12)14-3-2-6-23-10-14/h2-7,10-11,16,19H,1H3,(H,24,26). The molecule has 2 unspecified atom stereocenters. The summed E-state index contributed by atoms with van der Waals surface area (Å²) in [6.07, 6.45) is 5.10. The monoisotopic (exact) mass is 338 g/mol. The molecule has 2 aromatic heterocycles. The van der Waals surface area contributed by atoms with Crippen LogP contribution in [0.4, 0.5) is 0 Å². The molecule has 0 saturated heterocycles. The summed E-state index contributed by atoms with van der Waals surface area (Å²) in [5.41, 5.74) is 4.35. The number of aliphatic imine (C=N–C) groups is 1. The van der Waals surface area contributed by atoms with Crippen LogP contribution in [-0.2, 0) is 0 Å². The maximum Gasteiger partial charge on any atom is 0.0977 e. The Bertz CT molecular complexity index is 1120. The van der Waals surface area contributed by atoms with Crippen LogP contribution in [-0.4, -0.2) is 20.9 Å². The summed E-state index contributed by atoms with van der Waals surface area (Å²) in [6, 6.07) is 14.1. The molecule has 0 saturated carbocycles. The predicted octanol–water partition coefficient (Wildman–Crippen LogP) is 3.59. The topological polar surface area (TPSA) is 102 Å². The van der Waals surface area contributed by atoms with Crippen molar-refractivity contribution in [1.29, 1.82) is 10.5 Å². The minimum absolute atomic E-state index is 0.378. The Balaban J connectivity index is 1.95. The molecule has 0 radical (unpaired) electrons. The highest BCUT2D eigenvalue weighted by Crippen LogP contribution is 2.41. The van der Waals surface area contributed by atoms with Crippen LogP contribution in [0, 0.1) is 28.6 Å². The normalized spacial score (nSPS) is 19.7. The summed E-state index contributed by atoms with van der Waals surface area (Å²) >= 11 is 0. The highest BCUT2D eigenvalue weighted by molar-refractivity contribution is 5.97. The van der Waals surface area contributed by atoms with E-state index in [9.17, 15) is 10.5 Å². The van der Waals surface area contributed by atoms with Crippen LogP contribution in [0.5, 0.6) is 0 Å². The lowest BCUT2D eigenvalue weighted by Crippen LogP contribution is -2.25. The van der Waals surface area contributed by atoms with E-state index in [2.05, 4.69) is 32.3 Å².